The summed E-state index contributed by atoms with van der Waals surface area (Å²) in [6.45, 7) is 2.78. The summed E-state index contributed by atoms with van der Waals surface area (Å²) in [5, 5.41) is 4.18. The number of aryl methyl sites for hydroxylation is 1. The fourth-order valence-corrected chi connectivity index (χ4v) is 3.89. The number of rotatable bonds is 6. The van der Waals surface area contributed by atoms with Gasteiger partial charge in [-0.25, -0.2) is 9.97 Å². The lowest BCUT2D eigenvalue weighted by Crippen LogP contribution is -2.28. The SMILES string of the molecule is Cc1ncnc2c1c(NCc1ccc3c(c1)CC=C3)cc(=O)n2OCc1ccccc1. The minimum atomic E-state index is -0.276. The number of benzene rings is 2. The molecule has 2 aromatic heterocycles. The van der Waals surface area contributed by atoms with Crippen LogP contribution in [-0.2, 0) is 19.6 Å². The molecule has 1 N–H and O–H groups in total. The summed E-state index contributed by atoms with van der Waals surface area (Å²) in [6, 6.07) is 17.7. The summed E-state index contributed by atoms with van der Waals surface area (Å²) >= 11 is 0. The van der Waals surface area contributed by atoms with Crippen molar-refractivity contribution in [2.45, 2.75) is 26.5 Å². The molecule has 0 aliphatic heterocycles. The Labute approximate surface area is 179 Å². The first-order valence-corrected chi connectivity index (χ1v) is 10.3. The molecule has 0 amide bonds. The third-order valence-electron chi connectivity index (χ3n) is 5.48. The molecule has 6 nitrogen and oxygen atoms in total. The summed E-state index contributed by atoms with van der Waals surface area (Å²) in [7, 11) is 0. The highest BCUT2D eigenvalue weighted by Gasteiger charge is 2.14. The van der Waals surface area contributed by atoms with E-state index in [-0.39, 0.29) is 12.2 Å². The van der Waals surface area contributed by atoms with Gasteiger partial charge in [0.15, 0.2) is 5.65 Å². The lowest BCUT2D eigenvalue weighted by atomic mass is 10.1. The second kappa shape index (κ2) is 8.07. The van der Waals surface area contributed by atoms with E-state index >= 15 is 0 Å². The summed E-state index contributed by atoms with van der Waals surface area (Å²) in [5.74, 6) is 0. The van der Waals surface area contributed by atoms with Crippen molar-refractivity contribution in [3.8, 4) is 0 Å². The normalized spacial score (nSPS) is 12.2. The smallest absolute Gasteiger partial charge is 0.287 e. The molecule has 1 aliphatic carbocycles. The van der Waals surface area contributed by atoms with Crippen LogP contribution >= 0.6 is 0 Å². The monoisotopic (exact) mass is 410 g/mol. The number of allylic oxidation sites excluding steroid dienone is 1. The van der Waals surface area contributed by atoms with Gasteiger partial charge in [-0.1, -0.05) is 60.7 Å². The molecule has 2 heterocycles. The van der Waals surface area contributed by atoms with Gasteiger partial charge in [-0.05, 0) is 35.6 Å². The van der Waals surface area contributed by atoms with Crippen LogP contribution in [0.4, 0.5) is 5.69 Å². The van der Waals surface area contributed by atoms with Crippen LogP contribution in [0.5, 0.6) is 0 Å². The van der Waals surface area contributed by atoms with Crippen molar-refractivity contribution in [2.24, 2.45) is 0 Å². The zero-order chi connectivity index (χ0) is 21.2. The standard InChI is InChI=1S/C25H22N4O2/c1-17-24-22(26-14-19-10-11-20-8-5-9-21(20)12-19)13-23(30)29(25(24)28-16-27-17)31-15-18-6-3-2-4-7-18/h2-8,10-13,16,26H,9,14-15H2,1H3. The molecular formula is C25H22N4O2. The zero-order valence-electron chi connectivity index (χ0n) is 17.2. The molecule has 0 saturated carbocycles. The molecule has 4 aromatic rings. The number of aromatic nitrogens is 3. The number of hydrogen-bond acceptors (Lipinski definition) is 5. The van der Waals surface area contributed by atoms with Gasteiger partial charge in [0.05, 0.1) is 16.8 Å². The van der Waals surface area contributed by atoms with Gasteiger partial charge < -0.3 is 10.2 Å². The minimum Gasteiger partial charge on any atom is -0.404 e. The third kappa shape index (κ3) is 3.80. The van der Waals surface area contributed by atoms with Crippen LogP contribution in [0.1, 0.15) is 27.9 Å². The van der Waals surface area contributed by atoms with Crippen molar-refractivity contribution >= 4 is 22.8 Å². The lowest BCUT2D eigenvalue weighted by Gasteiger charge is -2.16. The Morgan fingerprint density at radius 1 is 1.06 bits per heavy atom. The van der Waals surface area contributed by atoms with Crippen molar-refractivity contribution in [1.29, 1.82) is 0 Å². The fraction of sp³-hybridized carbons (Fsp3) is 0.160. The van der Waals surface area contributed by atoms with Gasteiger partial charge in [-0.3, -0.25) is 4.79 Å². The molecular weight excluding hydrogens is 388 g/mol. The molecule has 2 aromatic carbocycles. The number of nitrogens with one attached hydrogen (secondary N) is 1. The van der Waals surface area contributed by atoms with E-state index in [4.69, 9.17) is 4.84 Å². The Morgan fingerprint density at radius 3 is 2.81 bits per heavy atom. The molecule has 154 valence electrons. The number of nitrogens with zero attached hydrogens (tertiary/aromatic N) is 3. The fourth-order valence-electron chi connectivity index (χ4n) is 3.89. The predicted octanol–water partition coefficient (Wildman–Crippen LogP) is 3.91. The van der Waals surface area contributed by atoms with Crippen molar-refractivity contribution in [2.75, 3.05) is 5.32 Å². The van der Waals surface area contributed by atoms with Crippen LogP contribution in [0.15, 0.2) is 71.8 Å². The highest BCUT2D eigenvalue weighted by atomic mass is 16.7. The van der Waals surface area contributed by atoms with Gasteiger partial charge in [0.2, 0.25) is 0 Å². The minimum absolute atomic E-state index is 0.273. The van der Waals surface area contributed by atoms with Gasteiger partial charge in [-0.2, -0.15) is 0 Å². The van der Waals surface area contributed by atoms with E-state index < -0.39 is 0 Å². The first kappa shape index (κ1) is 19.1. The van der Waals surface area contributed by atoms with Crippen molar-refractivity contribution in [1.82, 2.24) is 14.7 Å². The Bertz CT molecular complexity index is 1340. The third-order valence-corrected chi connectivity index (χ3v) is 5.48. The molecule has 1 aliphatic rings. The van der Waals surface area contributed by atoms with Crippen molar-refractivity contribution in [3.05, 3.63) is 105 Å². The largest absolute Gasteiger partial charge is 0.404 e. The average molecular weight is 410 g/mol. The van der Waals surface area contributed by atoms with Gasteiger partial charge in [-0.15, -0.1) is 4.73 Å². The van der Waals surface area contributed by atoms with E-state index in [0.29, 0.717) is 17.9 Å². The molecule has 0 saturated heterocycles. The molecule has 0 unspecified atom stereocenters. The lowest BCUT2D eigenvalue weighted by molar-refractivity contribution is 0.0979. The molecule has 0 bridgehead atoms. The maximum atomic E-state index is 12.9. The van der Waals surface area contributed by atoms with Crippen LogP contribution in [-0.4, -0.2) is 14.7 Å². The summed E-state index contributed by atoms with van der Waals surface area (Å²) in [4.78, 5) is 27.4. The van der Waals surface area contributed by atoms with Gasteiger partial charge >= 0.3 is 0 Å². The molecule has 0 atom stereocenters. The van der Waals surface area contributed by atoms with Gasteiger partial charge in [0.25, 0.3) is 5.56 Å². The summed E-state index contributed by atoms with van der Waals surface area (Å²) < 4.78 is 1.25. The number of hydrogen-bond donors (Lipinski definition) is 1. The van der Waals surface area contributed by atoms with E-state index in [1.807, 2.05) is 37.3 Å². The van der Waals surface area contributed by atoms with Crippen LogP contribution in [0, 0.1) is 6.92 Å². The van der Waals surface area contributed by atoms with Gasteiger partial charge in [0.1, 0.15) is 12.9 Å². The number of fused-ring (bicyclic) bond motifs is 2. The summed E-state index contributed by atoms with van der Waals surface area (Å²) in [5.41, 5.74) is 6.40. The van der Waals surface area contributed by atoms with Crippen molar-refractivity contribution < 1.29 is 4.84 Å². The highest BCUT2D eigenvalue weighted by molar-refractivity contribution is 5.90. The molecule has 5 rings (SSSR count). The molecule has 31 heavy (non-hydrogen) atoms. The van der Waals surface area contributed by atoms with Crippen LogP contribution in [0.25, 0.3) is 17.1 Å². The van der Waals surface area contributed by atoms with E-state index in [2.05, 4.69) is 45.6 Å². The topological polar surface area (TPSA) is 69.0 Å². The van der Waals surface area contributed by atoms with Crippen LogP contribution in [0.2, 0.25) is 0 Å². The molecule has 0 radical (unpaired) electrons. The van der Waals surface area contributed by atoms with Crippen molar-refractivity contribution in [3.63, 3.8) is 0 Å². The zero-order valence-corrected chi connectivity index (χ0v) is 17.2. The molecule has 6 heteroatoms. The van der Waals surface area contributed by atoms with Crippen LogP contribution in [0.3, 0.4) is 0 Å². The highest BCUT2D eigenvalue weighted by Crippen LogP contribution is 2.24. The average Bonchev–Trinajstić information content (AvgIpc) is 3.26. The summed E-state index contributed by atoms with van der Waals surface area (Å²) in [6.07, 6.45) is 6.74. The molecule has 0 fully saturated rings. The van der Waals surface area contributed by atoms with E-state index in [1.54, 1.807) is 6.07 Å². The first-order valence-electron chi connectivity index (χ1n) is 10.3. The first-order chi connectivity index (χ1) is 15.2. The Hall–Kier alpha value is -3.93. The van der Waals surface area contributed by atoms with E-state index in [1.165, 1.54) is 22.2 Å². The number of anilines is 1. The van der Waals surface area contributed by atoms with E-state index in [9.17, 15) is 4.79 Å². The predicted molar refractivity (Wildman–Crippen MR) is 122 cm³/mol. The Balaban J connectivity index is 1.45. The molecule has 0 spiro atoms. The van der Waals surface area contributed by atoms with E-state index in [0.717, 1.165) is 28.6 Å². The quantitative estimate of drug-likeness (QED) is 0.522. The van der Waals surface area contributed by atoms with Gasteiger partial charge in [0, 0.05) is 12.6 Å². The Morgan fingerprint density at radius 2 is 1.94 bits per heavy atom. The maximum absolute atomic E-state index is 12.9. The second-order valence-corrected chi connectivity index (χ2v) is 7.60. The Kier molecular flexibility index (Phi) is 4.96. The second-order valence-electron chi connectivity index (χ2n) is 7.60. The van der Waals surface area contributed by atoms with Crippen LogP contribution < -0.4 is 15.7 Å². The maximum Gasteiger partial charge on any atom is 0.287 e. The number of pyridine rings is 1.